The molecule has 0 spiro atoms. The average molecular weight is 234 g/mol. The van der Waals surface area contributed by atoms with E-state index in [1.165, 1.54) is 6.39 Å². The number of rotatable bonds is 5. The zero-order valence-corrected chi connectivity index (χ0v) is 9.51. The van der Waals surface area contributed by atoms with Gasteiger partial charge in [0.1, 0.15) is 5.75 Å². The van der Waals surface area contributed by atoms with E-state index in [4.69, 9.17) is 10.5 Å². The van der Waals surface area contributed by atoms with Crippen molar-refractivity contribution in [3.8, 4) is 5.75 Å². The number of benzene rings is 1. The molecule has 0 bridgehead atoms. The largest absolute Gasteiger partial charge is 0.492 e. The summed E-state index contributed by atoms with van der Waals surface area (Å²) in [5.74, 6) is 1.27. The zero-order chi connectivity index (χ0) is 12.1. The Bertz CT molecular complexity index is 470. The Morgan fingerprint density at radius 2 is 2.35 bits per heavy atom. The molecule has 0 aliphatic carbocycles. The van der Waals surface area contributed by atoms with Crippen molar-refractivity contribution < 1.29 is 9.26 Å². The summed E-state index contributed by atoms with van der Waals surface area (Å²) >= 11 is 0. The van der Waals surface area contributed by atoms with Crippen LogP contribution in [0.15, 0.2) is 29.1 Å². The molecule has 3 N–H and O–H groups in total. The number of aromatic nitrogens is 2. The van der Waals surface area contributed by atoms with E-state index in [-0.39, 0.29) is 0 Å². The normalized spacial score (nSPS) is 10.2. The Labute approximate surface area is 98.8 Å². The molecule has 1 aromatic heterocycles. The summed E-state index contributed by atoms with van der Waals surface area (Å²) in [5, 5.41) is 6.86. The van der Waals surface area contributed by atoms with E-state index in [1.54, 1.807) is 6.07 Å². The number of nitrogens with zero attached hydrogens (tertiary/aromatic N) is 2. The topological polar surface area (TPSA) is 86.2 Å². The summed E-state index contributed by atoms with van der Waals surface area (Å²) in [6, 6.07) is 5.51. The first-order valence-electron chi connectivity index (χ1n) is 5.31. The SMILES string of the molecule is CCOc1cc(NCc2ncon2)ccc1N. The molecule has 6 nitrogen and oxygen atoms in total. The van der Waals surface area contributed by atoms with Crippen LogP contribution in [-0.2, 0) is 6.54 Å². The van der Waals surface area contributed by atoms with Crippen molar-refractivity contribution in [1.82, 2.24) is 10.1 Å². The van der Waals surface area contributed by atoms with Gasteiger partial charge in [-0.3, -0.25) is 0 Å². The van der Waals surface area contributed by atoms with E-state index in [9.17, 15) is 0 Å². The summed E-state index contributed by atoms with van der Waals surface area (Å²) in [7, 11) is 0. The molecule has 0 radical (unpaired) electrons. The van der Waals surface area contributed by atoms with Crippen LogP contribution in [0.2, 0.25) is 0 Å². The molecule has 1 aromatic carbocycles. The van der Waals surface area contributed by atoms with Gasteiger partial charge in [0.05, 0.1) is 18.8 Å². The second-order valence-electron chi connectivity index (χ2n) is 3.39. The fourth-order valence-corrected chi connectivity index (χ4v) is 1.38. The van der Waals surface area contributed by atoms with Crippen molar-refractivity contribution in [1.29, 1.82) is 0 Å². The van der Waals surface area contributed by atoms with Crippen LogP contribution < -0.4 is 15.8 Å². The van der Waals surface area contributed by atoms with Crippen molar-refractivity contribution in [2.24, 2.45) is 0 Å². The van der Waals surface area contributed by atoms with Gasteiger partial charge in [0, 0.05) is 11.8 Å². The van der Waals surface area contributed by atoms with Crippen molar-refractivity contribution in [2.45, 2.75) is 13.5 Å². The lowest BCUT2D eigenvalue weighted by molar-refractivity contribution is 0.342. The molecule has 0 unspecified atom stereocenters. The average Bonchev–Trinajstić information content (AvgIpc) is 2.83. The number of anilines is 2. The molecular weight excluding hydrogens is 220 g/mol. The first-order chi connectivity index (χ1) is 8.29. The molecule has 0 aliphatic heterocycles. The van der Waals surface area contributed by atoms with E-state index < -0.39 is 0 Å². The molecule has 2 rings (SSSR count). The van der Waals surface area contributed by atoms with Crippen LogP contribution in [0.1, 0.15) is 12.7 Å². The number of hydrogen-bond donors (Lipinski definition) is 2. The lowest BCUT2D eigenvalue weighted by Gasteiger charge is -2.09. The van der Waals surface area contributed by atoms with Crippen molar-refractivity contribution in [3.63, 3.8) is 0 Å². The number of nitrogens with one attached hydrogen (secondary N) is 1. The fourth-order valence-electron chi connectivity index (χ4n) is 1.38. The zero-order valence-electron chi connectivity index (χ0n) is 9.51. The highest BCUT2D eigenvalue weighted by Gasteiger charge is 2.03. The van der Waals surface area contributed by atoms with Gasteiger partial charge in [0.2, 0.25) is 6.39 Å². The third kappa shape index (κ3) is 2.87. The van der Waals surface area contributed by atoms with E-state index in [1.807, 2.05) is 19.1 Å². The van der Waals surface area contributed by atoms with Crippen molar-refractivity contribution in [3.05, 3.63) is 30.4 Å². The van der Waals surface area contributed by atoms with Crippen LogP contribution in [0.4, 0.5) is 11.4 Å². The lowest BCUT2D eigenvalue weighted by atomic mass is 10.2. The van der Waals surface area contributed by atoms with Gasteiger partial charge < -0.3 is 20.3 Å². The van der Waals surface area contributed by atoms with Crippen molar-refractivity contribution >= 4 is 11.4 Å². The lowest BCUT2D eigenvalue weighted by Crippen LogP contribution is -2.03. The van der Waals surface area contributed by atoms with Gasteiger partial charge in [0.15, 0.2) is 5.82 Å². The first-order valence-corrected chi connectivity index (χ1v) is 5.31. The maximum absolute atomic E-state index is 5.77. The Kier molecular flexibility index (Phi) is 3.44. The fraction of sp³-hybridized carbons (Fsp3) is 0.273. The molecule has 0 amide bonds. The molecular formula is C11H14N4O2. The molecule has 6 heteroatoms. The number of ether oxygens (including phenoxy) is 1. The third-order valence-corrected chi connectivity index (χ3v) is 2.17. The Hall–Kier alpha value is -2.24. The summed E-state index contributed by atoms with van der Waals surface area (Å²) in [4.78, 5) is 3.91. The van der Waals surface area contributed by atoms with E-state index >= 15 is 0 Å². The van der Waals surface area contributed by atoms with Crippen LogP contribution in [0.3, 0.4) is 0 Å². The van der Waals surface area contributed by atoms with Crippen molar-refractivity contribution in [2.75, 3.05) is 17.7 Å². The van der Waals surface area contributed by atoms with Gasteiger partial charge in [-0.15, -0.1) is 0 Å². The minimum Gasteiger partial charge on any atom is -0.492 e. The molecule has 0 atom stereocenters. The maximum Gasteiger partial charge on any atom is 0.213 e. The molecule has 0 fully saturated rings. The predicted octanol–water partition coefficient (Wildman–Crippen LogP) is 1.66. The molecule has 1 heterocycles. The van der Waals surface area contributed by atoms with Gasteiger partial charge in [-0.25, -0.2) is 0 Å². The number of nitrogen functional groups attached to an aromatic ring is 1. The first kappa shape index (κ1) is 11.3. The van der Waals surface area contributed by atoms with Gasteiger partial charge in [0.25, 0.3) is 0 Å². The molecule has 17 heavy (non-hydrogen) atoms. The van der Waals surface area contributed by atoms with Crippen LogP contribution in [0.25, 0.3) is 0 Å². The van der Waals surface area contributed by atoms with E-state index in [2.05, 4.69) is 20.0 Å². The van der Waals surface area contributed by atoms with Crippen LogP contribution in [-0.4, -0.2) is 16.7 Å². The number of nitrogens with two attached hydrogens (primary N) is 1. The Balaban J connectivity index is 2.03. The molecule has 90 valence electrons. The smallest absolute Gasteiger partial charge is 0.213 e. The van der Waals surface area contributed by atoms with Gasteiger partial charge in [-0.05, 0) is 19.1 Å². The van der Waals surface area contributed by atoms with E-state index in [0.717, 1.165) is 5.69 Å². The third-order valence-electron chi connectivity index (χ3n) is 2.17. The predicted molar refractivity (Wildman–Crippen MR) is 63.6 cm³/mol. The Morgan fingerprint density at radius 1 is 1.47 bits per heavy atom. The van der Waals surface area contributed by atoms with Gasteiger partial charge >= 0.3 is 0 Å². The molecule has 2 aromatic rings. The summed E-state index contributed by atoms with van der Waals surface area (Å²) in [5.41, 5.74) is 7.29. The van der Waals surface area contributed by atoms with Crippen LogP contribution >= 0.6 is 0 Å². The minimum absolute atomic E-state index is 0.492. The second-order valence-corrected chi connectivity index (χ2v) is 3.39. The highest BCUT2D eigenvalue weighted by Crippen LogP contribution is 2.25. The van der Waals surface area contributed by atoms with Crippen LogP contribution in [0.5, 0.6) is 5.75 Å². The quantitative estimate of drug-likeness (QED) is 0.765. The minimum atomic E-state index is 0.492. The van der Waals surface area contributed by atoms with E-state index in [0.29, 0.717) is 30.4 Å². The standard InChI is InChI=1S/C11H14N4O2/c1-2-16-10-5-8(3-4-9(10)12)13-6-11-14-7-17-15-11/h3-5,7,13H,2,6,12H2,1H3. The van der Waals surface area contributed by atoms with Gasteiger partial charge in [-0.2, -0.15) is 4.98 Å². The summed E-state index contributed by atoms with van der Waals surface area (Å²) in [6.45, 7) is 2.99. The monoisotopic (exact) mass is 234 g/mol. The molecule has 0 aliphatic rings. The highest BCUT2D eigenvalue weighted by atomic mass is 16.5. The summed E-state index contributed by atoms with van der Waals surface area (Å²) in [6.07, 6.45) is 1.30. The summed E-state index contributed by atoms with van der Waals surface area (Å²) < 4.78 is 10.0. The van der Waals surface area contributed by atoms with Crippen LogP contribution in [0, 0.1) is 0 Å². The number of hydrogen-bond acceptors (Lipinski definition) is 6. The highest BCUT2D eigenvalue weighted by molar-refractivity contribution is 5.61. The molecule has 0 saturated heterocycles. The Morgan fingerprint density at radius 3 is 3.06 bits per heavy atom. The molecule has 0 saturated carbocycles. The second kappa shape index (κ2) is 5.20. The van der Waals surface area contributed by atoms with Gasteiger partial charge in [-0.1, -0.05) is 5.16 Å². The maximum atomic E-state index is 5.77.